The number of pyridine rings is 1. The number of aromatic hydroxyl groups is 1. The van der Waals surface area contributed by atoms with Crippen molar-refractivity contribution in [2.75, 3.05) is 38.4 Å². The van der Waals surface area contributed by atoms with Crippen LogP contribution in [0.2, 0.25) is 0 Å². The summed E-state index contributed by atoms with van der Waals surface area (Å²) in [6.07, 6.45) is 7.91. The van der Waals surface area contributed by atoms with E-state index in [1.54, 1.807) is 16.6 Å². The van der Waals surface area contributed by atoms with Gasteiger partial charge in [-0.15, -0.1) is 0 Å². The zero-order valence-corrected chi connectivity index (χ0v) is 26.5. The SMILES string of the molecule is CCCCN(C(=O)CN1C[C@H](c2cc(OC)c3c(c2)OCO3)[C@@H](C(=O)O)[C@@H]1CCn1cc2ccccc2c1O)c1ccc[n+](C)c1. The number of carboxylic acid groups (broad SMARTS) is 1. The number of amides is 1. The Kier molecular flexibility index (Phi) is 9.03. The Bertz CT molecular complexity index is 1740. The second-order valence-corrected chi connectivity index (χ2v) is 12.1. The third kappa shape index (κ3) is 6.06. The van der Waals surface area contributed by atoms with Crippen LogP contribution < -0.4 is 23.7 Å². The molecule has 4 aromatic rings. The minimum absolute atomic E-state index is 0.0502. The molecule has 11 heteroatoms. The maximum Gasteiger partial charge on any atom is 0.308 e. The largest absolute Gasteiger partial charge is 0.494 e. The molecule has 46 heavy (non-hydrogen) atoms. The number of nitrogens with zero attached hydrogens (tertiary/aromatic N) is 4. The summed E-state index contributed by atoms with van der Waals surface area (Å²) in [5.74, 6) is -0.685. The van der Waals surface area contributed by atoms with Crippen LogP contribution in [0, 0.1) is 5.92 Å². The molecule has 2 aliphatic heterocycles. The fourth-order valence-corrected chi connectivity index (χ4v) is 6.90. The number of unbranched alkanes of at least 4 members (excludes halogenated alkanes) is 1. The summed E-state index contributed by atoms with van der Waals surface area (Å²) in [6.45, 7) is 3.49. The smallest absolute Gasteiger partial charge is 0.308 e. The molecule has 2 N–H and O–H groups in total. The van der Waals surface area contributed by atoms with Crippen molar-refractivity contribution in [3.63, 3.8) is 0 Å². The van der Waals surface area contributed by atoms with Crippen LogP contribution in [0.15, 0.2) is 67.1 Å². The van der Waals surface area contributed by atoms with Gasteiger partial charge in [-0.2, -0.15) is 0 Å². The molecule has 3 atom stereocenters. The first-order valence-electron chi connectivity index (χ1n) is 15.8. The second-order valence-electron chi connectivity index (χ2n) is 12.1. The molecule has 11 nitrogen and oxygen atoms in total. The Balaban J connectivity index is 1.34. The van der Waals surface area contributed by atoms with E-state index in [0.717, 1.165) is 34.9 Å². The minimum Gasteiger partial charge on any atom is -0.494 e. The van der Waals surface area contributed by atoms with E-state index in [0.29, 0.717) is 43.3 Å². The maximum atomic E-state index is 14.1. The van der Waals surface area contributed by atoms with Crippen LogP contribution in [0.4, 0.5) is 5.69 Å². The van der Waals surface area contributed by atoms with Crippen molar-refractivity contribution in [2.24, 2.45) is 13.0 Å². The lowest BCUT2D eigenvalue weighted by Crippen LogP contribution is -2.45. The normalized spacial score (nSPS) is 19.1. The highest BCUT2D eigenvalue weighted by atomic mass is 16.7. The van der Waals surface area contributed by atoms with E-state index in [1.165, 1.54) is 0 Å². The van der Waals surface area contributed by atoms with Gasteiger partial charge in [0.15, 0.2) is 29.8 Å². The quantitative estimate of drug-likeness (QED) is 0.223. The van der Waals surface area contributed by atoms with Gasteiger partial charge in [0.25, 0.3) is 0 Å². The van der Waals surface area contributed by atoms with E-state index < -0.39 is 23.8 Å². The van der Waals surface area contributed by atoms with E-state index in [-0.39, 0.29) is 25.1 Å². The monoisotopic (exact) mass is 629 g/mol. The fourth-order valence-electron chi connectivity index (χ4n) is 6.90. The molecule has 0 unspecified atom stereocenters. The zero-order chi connectivity index (χ0) is 32.4. The van der Waals surface area contributed by atoms with E-state index in [4.69, 9.17) is 14.2 Å². The number of aromatic nitrogens is 2. The van der Waals surface area contributed by atoms with Gasteiger partial charge in [0.1, 0.15) is 12.7 Å². The molecule has 0 spiro atoms. The minimum atomic E-state index is -0.943. The third-order valence-electron chi connectivity index (χ3n) is 9.19. The number of carbonyl (C=O) groups is 2. The number of aryl methyl sites for hydroxylation is 2. The van der Waals surface area contributed by atoms with E-state index in [9.17, 15) is 19.8 Å². The van der Waals surface area contributed by atoms with Gasteiger partial charge < -0.3 is 33.9 Å². The molecule has 0 aliphatic carbocycles. The van der Waals surface area contributed by atoms with Crippen molar-refractivity contribution < 1.29 is 38.6 Å². The average molecular weight is 630 g/mol. The Labute approximate surface area is 268 Å². The molecule has 6 rings (SSSR count). The van der Waals surface area contributed by atoms with Gasteiger partial charge in [0, 0.05) is 54.6 Å². The molecular formula is C35H41N4O7+. The summed E-state index contributed by atoms with van der Waals surface area (Å²) in [4.78, 5) is 31.0. The van der Waals surface area contributed by atoms with Crippen LogP contribution in [0.1, 0.15) is 37.7 Å². The van der Waals surface area contributed by atoms with Crippen molar-refractivity contribution in [1.82, 2.24) is 9.47 Å². The standard InChI is InChI=1S/C35H40N4O7/c1-4-5-14-39(25-10-8-13-36(2)19-25)31(40)21-38-20-27(24-16-29(44-3)33-30(17-24)45-22-46-33)32(35(42)43)28(38)12-15-37-18-23-9-6-7-11-26(23)34(37)41/h6-11,13,16-19,27-28,32H,4-5,12,14-15,20-22H2,1-3H3,(H-,41,42,43)/p+1/t27-,28+,32-/m1/s1. The molecule has 1 saturated heterocycles. The number of aliphatic carboxylic acids is 1. The first kappa shape index (κ1) is 31.2. The lowest BCUT2D eigenvalue weighted by molar-refractivity contribution is -0.670. The van der Waals surface area contributed by atoms with Crippen molar-refractivity contribution in [2.45, 2.75) is 44.7 Å². The molecule has 2 aromatic carbocycles. The van der Waals surface area contributed by atoms with E-state index in [2.05, 4.69) is 6.92 Å². The molecule has 1 amide bonds. The van der Waals surface area contributed by atoms with Crippen molar-refractivity contribution in [3.8, 4) is 23.1 Å². The number of benzene rings is 2. The summed E-state index contributed by atoms with van der Waals surface area (Å²) in [5, 5.41) is 23.3. The highest BCUT2D eigenvalue weighted by molar-refractivity contribution is 5.94. The number of fused-ring (bicyclic) bond motifs is 2. The molecular weight excluding hydrogens is 588 g/mol. The predicted octanol–water partition coefficient (Wildman–Crippen LogP) is 4.30. The number of rotatable bonds is 12. The predicted molar refractivity (Wildman–Crippen MR) is 171 cm³/mol. The van der Waals surface area contributed by atoms with Gasteiger partial charge in [-0.25, -0.2) is 4.57 Å². The Morgan fingerprint density at radius 2 is 1.98 bits per heavy atom. The van der Waals surface area contributed by atoms with Crippen molar-refractivity contribution in [1.29, 1.82) is 0 Å². The van der Waals surface area contributed by atoms with Gasteiger partial charge in [-0.3, -0.25) is 14.5 Å². The number of hydrogen-bond donors (Lipinski definition) is 2. The number of carbonyl (C=O) groups excluding carboxylic acids is 1. The molecule has 1 fully saturated rings. The number of hydrogen-bond acceptors (Lipinski definition) is 7. The Hall–Kier alpha value is -4.77. The van der Waals surface area contributed by atoms with Gasteiger partial charge in [-0.1, -0.05) is 31.5 Å². The summed E-state index contributed by atoms with van der Waals surface area (Å²) in [5.41, 5.74) is 1.55. The molecule has 2 aliphatic rings. The summed E-state index contributed by atoms with van der Waals surface area (Å²) >= 11 is 0. The first-order valence-corrected chi connectivity index (χ1v) is 15.8. The van der Waals surface area contributed by atoms with Gasteiger partial charge >= 0.3 is 5.97 Å². The topological polar surface area (TPSA) is 118 Å². The molecule has 2 aromatic heterocycles. The van der Waals surface area contributed by atoms with Gasteiger partial charge in [-0.05, 0) is 42.7 Å². The number of ether oxygens (including phenoxy) is 3. The number of carboxylic acids is 1. The second kappa shape index (κ2) is 13.3. The summed E-state index contributed by atoms with van der Waals surface area (Å²) in [6, 6.07) is 14.6. The van der Waals surface area contributed by atoms with Gasteiger partial charge in [0.05, 0.1) is 19.6 Å². The van der Waals surface area contributed by atoms with Crippen molar-refractivity contribution in [3.05, 3.63) is 72.7 Å². The molecule has 0 radical (unpaired) electrons. The van der Waals surface area contributed by atoms with Gasteiger partial charge in [0.2, 0.25) is 18.4 Å². The van der Waals surface area contributed by atoms with Crippen LogP contribution in [0.3, 0.4) is 0 Å². The van der Waals surface area contributed by atoms with E-state index in [1.807, 2.05) is 83.6 Å². The lowest BCUT2D eigenvalue weighted by atomic mass is 9.84. The number of anilines is 1. The number of likely N-dealkylation sites (tertiary alicyclic amines) is 1. The molecule has 242 valence electrons. The first-order chi connectivity index (χ1) is 22.3. The summed E-state index contributed by atoms with van der Waals surface area (Å²) in [7, 11) is 3.46. The Morgan fingerprint density at radius 1 is 1.15 bits per heavy atom. The maximum absolute atomic E-state index is 14.1. The molecule has 4 heterocycles. The molecule has 0 saturated carbocycles. The van der Waals surface area contributed by atoms with Crippen LogP contribution in [-0.2, 0) is 23.2 Å². The van der Waals surface area contributed by atoms with Crippen LogP contribution >= 0.6 is 0 Å². The van der Waals surface area contributed by atoms with Crippen LogP contribution in [-0.4, -0.2) is 71.1 Å². The Morgan fingerprint density at radius 3 is 2.72 bits per heavy atom. The highest BCUT2D eigenvalue weighted by Gasteiger charge is 2.47. The summed E-state index contributed by atoms with van der Waals surface area (Å²) < 4.78 is 20.5. The molecule has 0 bridgehead atoms. The third-order valence-corrected chi connectivity index (χ3v) is 9.19. The van der Waals surface area contributed by atoms with Crippen molar-refractivity contribution >= 4 is 28.3 Å². The average Bonchev–Trinajstić information content (AvgIpc) is 3.75. The van der Waals surface area contributed by atoms with Crippen LogP contribution in [0.25, 0.3) is 10.8 Å². The van der Waals surface area contributed by atoms with Crippen LogP contribution in [0.5, 0.6) is 23.1 Å². The lowest BCUT2D eigenvalue weighted by Gasteiger charge is -2.29. The fraction of sp³-hybridized carbons (Fsp3) is 0.400. The number of methoxy groups -OCH3 is 1. The van der Waals surface area contributed by atoms with E-state index >= 15 is 0 Å². The zero-order valence-electron chi connectivity index (χ0n) is 26.5. The highest BCUT2D eigenvalue weighted by Crippen LogP contribution is 2.47.